The van der Waals surface area contributed by atoms with E-state index in [-0.39, 0.29) is 24.0 Å². The summed E-state index contributed by atoms with van der Waals surface area (Å²) < 4.78 is 11.0. The lowest BCUT2D eigenvalue weighted by atomic mass is 10.2. The highest BCUT2D eigenvalue weighted by atomic mass is 127. The molecule has 6 heteroatoms. The molecule has 5 nitrogen and oxygen atoms in total. The average molecular weight is 429 g/mol. The summed E-state index contributed by atoms with van der Waals surface area (Å²) in [7, 11) is 1.75. The highest BCUT2D eigenvalue weighted by molar-refractivity contribution is 14.0. The van der Waals surface area contributed by atoms with Crippen molar-refractivity contribution in [1.82, 2.24) is 10.6 Å². The zero-order valence-corrected chi connectivity index (χ0v) is 15.9. The van der Waals surface area contributed by atoms with Gasteiger partial charge in [-0.3, -0.25) is 4.99 Å². The van der Waals surface area contributed by atoms with E-state index in [2.05, 4.69) is 15.6 Å². The third kappa shape index (κ3) is 6.94. The molecule has 2 rings (SSSR count). The van der Waals surface area contributed by atoms with E-state index >= 15 is 0 Å². The van der Waals surface area contributed by atoms with Crippen molar-refractivity contribution in [2.45, 2.75) is 19.9 Å². The Morgan fingerprint density at radius 2 is 2.00 bits per heavy atom. The van der Waals surface area contributed by atoms with Crippen LogP contribution in [0.15, 0.2) is 52.1 Å². The number of para-hydroxylation sites is 1. The Morgan fingerprint density at radius 1 is 1.17 bits per heavy atom. The van der Waals surface area contributed by atoms with Gasteiger partial charge in [0.15, 0.2) is 5.96 Å². The van der Waals surface area contributed by atoms with Crippen LogP contribution < -0.4 is 15.4 Å². The highest BCUT2D eigenvalue weighted by Gasteiger charge is 2.00. The molecule has 1 aromatic heterocycles. The van der Waals surface area contributed by atoms with E-state index in [9.17, 15) is 0 Å². The molecule has 1 aromatic carbocycles. The van der Waals surface area contributed by atoms with E-state index in [0.717, 1.165) is 36.0 Å². The van der Waals surface area contributed by atoms with Crippen LogP contribution in [0.2, 0.25) is 0 Å². The van der Waals surface area contributed by atoms with Crippen LogP contribution in [0.1, 0.15) is 17.7 Å². The summed E-state index contributed by atoms with van der Waals surface area (Å²) >= 11 is 0. The maximum absolute atomic E-state index is 5.76. The Bertz CT molecular complexity index is 585. The SMILES string of the molecule is CN=C(NCCCOc1ccccc1C)NCc1ccco1.I. The molecule has 126 valence electrons. The zero-order valence-electron chi connectivity index (χ0n) is 13.5. The van der Waals surface area contributed by atoms with Crippen LogP contribution in [0.5, 0.6) is 5.75 Å². The predicted octanol–water partition coefficient (Wildman–Crippen LogP) is 3.34. The molecular weight excluding hydrogens is 405 g/mol. The lowest BCUT2D eigenvalue weighted by Gasteiger charge is -2.12. The molecule has 23 heavy (non-hydrogen) atoms. The number of halogens is 1. The fourth-order valence-electron chi connectivity index (χ4n) is 1.98. The Morgan fingerprint density at radius 3 is 2.70 bits per heavy atom. The summed E-state index contributed by atoms with van der Waals surface area (Å²) in [6.07, 6.45) is 2.56. The first-order valence-electron chi connectivity index (χ1n) is 7.45. The maximum Gasteiger partial charge on any atom is 0.191 e. The normalized spacial score (nSPS) is 10.8. The van der Waals surface area contributed by atoms with Crippen LogP contribution in [0.3, 0.4) is 0 Å². The van der Waals surface area contributed by atoms with Gasteiger partial charge in [0.2, 0.25) is 0 Å². The molecule has 2 N–H and O–H groups in total. The lowest BCUT2D eigenvalue weighted by molar-refractivity contribution is 0.309. The first-order chi connectivity index (χ1) is 10.8. The fraction of sp³-hybridized carbons (Fsp3) is 0.353. The number of hydrogen-bond donors (Lipinski definition) is 2. The Balaban J connectivity index is 0.00000264. The fourth-order valence-corrected chi connectivity index (χ4v) is 1.98. The van der Waals surface area contributed by atoms with E-state index in [4.69, 9.17) is 9.15 Å². The number of guanidine groups is 1. The number of nitrogens with one attached hydrogen (secondary N) is 2. The van der Waals surface area contributed by atoms with Crippen molar-refractivity contribution < 1.29 is 9.15 Å². The summed E-state index contributed by atoms with van der Waals surface area (Å²) in [6, 6.07) is 11.8. The van der Waals surface area contributed by atoms with Gasteiger partial charge in [-0.1, -0.05) is 18.2 Å². The minimum absolute atomic E-state index is 0. The quantitative estimate of drug-likeness (QED) is 0.307. The Kier molecular flexibility index (Phi) is 9.20. The minimum Gasteiger partial charge on any atom is -0.493 e. The second kappa shape index (κ2) is 10.9. The van der Waals surface area contributed by atoms with E-state index in [1.165, 1.54) is 0 Å². The number of aliphatic imine (C=N–C) groups is 1. The number of benzene rings is 1. The maximum atomic E-state index is 5.76. The van der Waals surface area contributed by atoms with Gasteiger partial charge in [-0.15, -0.1) is 24.0 Å². The van der Waals surface area contributed by atoms with Gasteiger partial charge in [0.25, 0.3) is 0 Å². The lowest BCUT2D eigenvalue weighted by Crippen LogP contribution is -2.37. The second-order valence-corrected chi connectivity index (χ2v) is 4.90. The van der Waals surface area contributed by atoms with Crippen molar-refractivity contribution in [3.05, 3.63) is 54.0 Å². The van der Waals surface area contributed by atoms with Gasteiger partial charge in [-0.2, -0.15) is 0 Å². The van der Waals surface area contributed by atoms with Gasteiger partial charge in [0.05, 0.1) is 19.4 Å². The van der Waals surface area contributed by atoms with Gasteiger partial charge >= 0.3 is 0 Å². The smallest absolute Gasteiger partial charge is 0.191 e. The molecule has 0 saturated carbocycles. The number of furan rings is 1. The summed E-state index contributed by atoms with van der Waals surface area (Å²) in [5, 5.41) is 6.44. The molecule has 0 fully saturated rings. The van der Waals surface area contributed by atoms with E-state index in [1.807, 2.05) is 43.3 Å². The van der Waals surface area contributed by atoms with Gasteiger partial charge < -0.3 is 19.8 Å². The molecule has 0 bridgehead atoms. The number of aryl methyl sites for hydroxylation is 1. The van der Waals surface area contributed by atoms with Gasteiger partial charge in [-0.25, -0.2) is 0 Å². The summed E-state index contributed by atoms with van der Waals surface area (Å²) in [4.78, 5) is 4.17. The third-order valence-electron chi connectivity index (χ3n) is 3.20. The Hall–Kier alpha value is -1.70. The molecule has 1 heterocycles. The molecule has 0 unspecified atom stereocenters. The number of rotatable bonds is 7. The number of ether oxygens (including phenoxy) is 1. The monoisotopic (exact) mass is 429 g/mol. The summed E-state index contributed by atoms with van der Waals surface area (Å²) in [5.74, 6) is 2.58. The zero-order chi connectivity index (χ0) is 15.6. The molecular formula is C17H24IN3O2. The van der Waals surface area contributed by atoms with Crippen LogP contribution in [-0.4, -0.2) is 26.2 Å². The van der Waals surface area contributed by atoms with Crippen molar-refractivity contribution in [2.75, 3.05) is 20.2 Å². The molecule has 0 radical (unpaired) electrons. The van der Waals surface area contributed by atoms with E-state index in [1.54, 1.807) is 13.3 Å². The van der Waals surface area contributed by atoms with Crippen molar-refractivity contribution in [1.29, 1.82) is 0 Å². The predicted molar refractivity (Wildman–Crippen MR) is 104 cm³/mol. The third-order valence-corrected chi connectivity index (χ3v) is 3.20. The van der Waals surface area contributed by atoms with Crippen molar-refractivity contribution in [3.63, 3.8) is 0 Å². The number of nitrogens with zero attached hydrogens (tertiary/aromatic N) is 1. The van der Waals surface area contributed by atoms with Crippen molar-refractivity contribution >= 4 is 29.9 Å². The second-order valence-electron chi connectivity index (χ2n) is 4.90. The van der Waals surface area contributed by atoms with Gasteiger partial charge in [0, 0.05) is 13.6 Å². The van der Waals surface area contributed by atoms with Crippen molar-refractivity contribution in [2.24, 2.45) is 4.99 Å². The summed E-state index contributed by atoms with van der Waals surface area (Å²) in [6.45, 7) is 4.14. The van der Waals surface area contributed by atoms with Crippen LogP contribution in [0, 0.1) is 6.92 Å². The van der Waals surface area contributed by atoms with E-state index in [0.29, 0.717) is 13.2 Å². The van der Waals surface area contributed by atoms with Crippen LogP contribution >= 0.6 is 24.0 Å². The largest absolute Gasteiger partial charge is 0.493 e. The molecule has 2 aromatic rings. The first kappa shape index (κ1) is 19.3. The standard InChI is InChI=1S/C17H23N3O2.HI/c1-14-7-3-4-9-16(14)22-12-6-10-19-17(18-2)20-13-15-8-5-11-21-15;/h3-5,7-9,11H,6,10,12-13H2,1-2H3,(H2,18,19,20);1H. The van der Waals surface area contributed by atoms with Gasteiger partial charge in [-0.05, 0) is 37.1 Å². The van der Waals surface area contributed by atoms with Crippen molar-refractivity contribution in [3.8, 4) is 5.75 Å². The Labute approximate surface area is 154 Å². The van der Waals surface area contributed by atoms with Crippen LogP contribution in [0.25, 0.3) is 0 Å². The molecule has 0 spiro atoms. The first-order valence-corrected chi connectivity index (χ1v) is 7.45. The topological polar surface area (TPSA) is 58.8 Å². The number of hydrogen-bond acceptors (Lipinski definition) is 3. The van der Waals surface area contributed by atoms with Crippen LogP contribution in [-0.2, 0) is 6.54 Å². The molecule has 0 aliphatic heterocycles. The molecule has 0 aliphatic carbocycles. The minimum atomic E-state index is 0. The van der Waals surface area contributed by atoms with Crippen LogP contribution in [0.4, 0.5) is 0 Å². The molecule has 0 saturated heterocycles. The highest BCUT2D eigenvalue weighted by Crippen LogP contribution is 2.15. The summed E-state index contributed by atoms with van der Waals surface area (Å²) in [5.41, 5.74) is 1.16. The molecule has 0 aliphatic rings. The van der Waals surface area contributed by atoms with E-state index < -0.39 is 0 Å². The van der Waals surface area contributed by atoms with Gasteiger partial charge in [0.1, 0.15) is 11.5 Å². The molecule has 0 atom stereocenters. The average Bonchev–Trinajstić information content (AvgIpc) is 3.05. The molecule has 0 amide bonds.